The first-order valence-electron chi connectivity index (χ1n) is 6.46. The second-order valence-electron chi connectivity index (χ2n) is 4.66. The zero-order valence-corrected chi connectivity index (χ0v) is 11.9. The van der Waals surface area contributed by atoms with E-state index >= 15 is 0 Å². The van der Waals surface area contributed by atoms with Crippen molar-refractivity contribution in [1.29, 1.82) is 0 Å². The zero-order chi connectivity index (χ0) is 14.8. The van der Waals surface area contributed by atoms with E-state index in [1.165, 1.54) is 0 Å². The van der Waals surface area contributed by atoms with Crippen molar-refractivity contribution in [3.63, 3.8) is 0 Å². The highest BCUT2D eigenvalue weighted by molar-refractivity contribution is 5.74. The molecule has 112 valence electrons. The van der Waals surface area contributed by atoms with Crippen molar-refractivity contribution in [1.82, 2.24) is 15.1 Å². The number of amides is 2. The van der Waals surface area contributed by atoms with Crippen molar-refractivity contribution in [2.75, 3.05) is 40.3 Å². The summed E-state index contributed by atoms with van der Waals surface area (Å²) in [5.74, 6) is -1.27. The van der Waals surface area contributed by atoms with Crippen LogP contribution in [0.1, 0.15) is 19.8 Å². The second-order valence-corrected chi connectivity index (χ2v) is 4.66. The van der Waals surface area contributed by atoms with Crippen LogP contribution in [0, 0.1) is 0 Å². The first-order valence-corrected chi connectivity index (χ1v) is 6.46. The monoisotopic (exact) mass is 275 g/mol. The number of aliphatic hydroxyl groups is 1. The lowest BCUT2D eigenvalue weighted by Crippen LogP contribution is -2.44. The minimum atomic E-state index is -1.43. The number of hydrogen-bond donors (Lipinski definition) is 3. The number of rotatable bonds is 9. The first-order chi connectivity index (χ1) is 8.88. The van der Waals surface area contributed by atoms with E-state index in [4.69, 9.17) is 10.2 Å². The Kier molecular flexibility index (Phi) is 8.90. The van der Waals surface area contributed by atoms with Gasteiger partial charge in [0, 0.05) is 32.6 Å². The van der Waals surface area contributed by atoms with Crippen molar-refractivity contribution >= 4 is 12.0 Å². The lowest BCUT2D eigenvalue weighted by atomic mass is 10.2. The molecule has 0 aliphatic rings. The van der Waals surface area contributed by atoms with Crippen molar-refractivity contribution in [2.24, 2.45) is 0 Å². The average Bonchev–Trinajstić information content (AvgIpc) is 2.33. The third kappa shape index (κ3) is 8.39. The lowest BCUT2D eigenvalue weighted by Gasteiger charge is -2.24. The van der Waals surface area contributed by atoms with Gasteiger partial charge < -0.3 is 25.3 Å². The van der Waals surface area contributed by atoms with Gasteiger partial charge in [-0.3, -0.25) is 0 Å². The maximum Gasteiger partial charge on any atom is 0.332 e. The van der Waals surface area contributed by atoms with Crippen LogP contribution in [0.3, 0.4) is 0 Å². The smallest absolute Gasteiger partial charge is 0.332 e. The second kappa shape index (κ2) is 9.57. The van der Waals surface area contributed by atoms with Crippen molar-refractivity contribution in [3.8, 4) is 0 Å². The Bertz CT molecular complexity index is 284. The van der Waals surface area contributed by atoms with E-state index in [1.54, 1.807) is 4.90 Å². The summed E-state index contributed by atoms with van der Waals surface area (Å²) in [4.78, 5) is 26.0. The van der Waals surface area contributed by atoms with E-state index in [9.17, 15) is 9.59 Å². The number of hydrogen-bond acceptors (Lipinski definition) is 4. The number of carboxylic acid groups (broad SMARTS) is 1. The number of carbonyl (C=O) groups is 2. The highest BCUT2D eigenvalue weighted by Gasteiger charge is 2.15. The summed E-state index contributed by atoms with van der Waals surface area (Å²) in [6, 6.07) is -0.221. The van der Waals surface area contributed by atoms with E-state index in [0.29, 0.717) is 13.1 Å². The number of carboxylic acids is 1. The van der Waals surface area contributed by atoms with E-state index in [-0.39, 0.29) is 19.0 Å². The number of aliphatic carboxylic acids is 1. The molecule has 3 N–H and O–H groups in total. The molecule has 0 aromatic heterocycles. The minimum absolute atomic E-state index is 0.00865. The van der Waals surface area contributed by atoms with Gasteiger partial charge in [0.25, 0.3) is 0 Å². The van der Waals surface area contributed by atoms with Crippen LogP contribution in [-0.2, 0) is 4.79 Å². The summed E-state index contributed by atoms with van der Waals surface area (Å²) in [7, 11) is 3.87. The zero-order valence-electron chi connectivity index (χ0n) is 11.9. The van der Waals surface area contributed by atoms with Crippen LogP contribution < -0.4 is 5.32 Å². The molecule has 0 aromatic rings. The van der Waals surface area contributed by atoms with Crippen LogP contribution in [0.2, 0.25) is 0 Å². The SMILES string of the molecule is CCCN(CCN(C)C)C(=O)NCCC(O)C(=O)O. The molecule has 0 saturated heterocycles. The van der Waals surface area contributed by atoms with Gasteiger partial charge in [0.2, 0.25) is 0 Å². The number of nitrogens with zero attached hydrogens (tertiary/aromatic N) is 2. The van der Waals surface area contributed by atoms with Gasteiger partial charge >= 0.3 is 12.0 Å². The molecule has 7 nitrogen and oxygen atoms in total. The molecule has 2 amide bonds. The fourth-order valence-corrected chi connectivity index (χ4v) is 1.46. The van der Waals surface area contributed by atoms with Gasteiger partial charge in [-0.05, 0) is 20.5 Å². The van der Waals surface area contributed by atoms with Crippen molar-refractivity contribution in [2.45, 2.75) is 25.9 Å². The third-order valence-electron chi connectivity index (χ3n) is 2.58. The molecule has 0 aliphatic carbocycles. The van der Waals surface area contributed by atoms with Crippen LogP contribution in [0.4, 0.5) is 4.79 Å². The first kappa shape index (κ1) is 17.7. The molecule has 0 fully saturated rings. The maximum atomic E-state index is 11.9. The molecule has 0 aromatic carbocycles. The fourth-order valence-electron chi connectivity index (χ4n) is 1.46. The predicted molar refractivity (Wildman–Crippen MR) is 72.1 cm³/mol. The summed E-state index contributed by atoms with van der Waals surface area (Å²) >= 11 is 0. The van der Waals surface area contributed by atoms with Crippen LogP contribution >= 0.6 is 0 Å². The number of carbonyl (C=O) groups excluding carboxylic acids is 1. The van der Waals surface area contributed by atoms with Gasteiger partial charge in [0.05, 0.1) is 0 Å². The standard InChI is InChI=1S/C12H25N3O4/c1-4-7-15(9-8-14(2)3)12(19)13-6-5-10(16)11(17)18/h10,16H,4-9H2,1-3H3,(H,13,19)(H,17,18). The van der Waals surface area contributed by atoms with Gasteiger partial charge in [-0.15, -0.1) is 0 Å². The Balaban J connectivity index is 4.06. The molecular weight excluding hydrogens is 250 g/mol. The summed E-state index contributed by atoms with van der Waals surface area (Å²) in [5, 5.41) is 20.2. The Hall–Kier alpha value is -1.34. The molecule has 0 saturated carbocycles. The Labute approximate surface area is 114 Å². The molecule has 0 rings (SSSR count). The van der Waals surface area contributed by atoms with Crippen molar-refractivity contribution in [3.05, 3.63) is 0 Å². The number of urea groups is 1. The van der Waals surface area contributed by atoms with Crippen LogP contribution in [0.5, 0.6) is 0 Å². The molecule has 1 atom stereocenters. The number of likely N-dealkylation sites (N-methyl/N-ethyl adjacent to an activating group) is 1. The van der Waals surface area contributed by atoms with Gasteiger partial charge in [-0.2, -0.15) is 0 Å². The number of nitrogens with one attached hydrogen (secondary N) is 1. The Morgan fingerprint density at radius 1 is 1.21 bits per heavy atom. The topological polar surface area (TPSA) is 93.1 Å². The minimum Gasteiger partial charge on any atom is -0.479 e. The van der Waals surface area contributed by atoms with E-state index in [1.807, 2.05) is 25.9 Å². The molecule has 7 heteroatoms. The maximum absolute atomic E-state index is 11.9. The van der Waals surface area contributed by atoms with Crippen LogP contribution in [0.25, 0.3) is 0 Å². The summed E-state index contributed by atoms with van der Waals surface area (Å²) in [5.41, 5.74) is 0. The predicted octanol–water partition coefficient (Wildman–Crippen LogP) is -0.195. The normalized spacial score (nSPS) is 12.3. The van der Waals surface area contributed by atoms with Gasteiger partial charge in [0.1, 0.15) is 0 Å². The highest BCUT2D eigenvalue weighted by atomic mass is 16.4. The van der Waals surface area contributed by atoms with Crippen molar-refractivity contribution < 1.29 is 19.8 Å². The molecule has 0 aliphatic heterocycles. The Morgan fingerprint density at radius 3 is 2.32 bits per heavy atom. The quantitative estimate of drug-likeness (QED) is 0.542. The third-order valence-corrected chi connectivity index (χ3v) is 2.58. The summed E-state index contributed by atoms with van der Waals surface area (Å²) in [6.07, 6.45) is -0.561. The lowest BCUT2D eigenvalue weighted by molar-refractivity contribution is -0.146. The van der Waals surface area contributed by atoms with E-state index < -0.39 is 12.1 Å². The average molecular weight is 275 g/mol. The van der Waals surface area contributed by atoms with Crippen LogP contribution in [-0.4, -0.2) is 78.4 Å². The molecule has 19 heavy (non-hydrogen) atoms. The molecular formula is C12H25N3O4. The largest absolute Gasteiger partial charge is 0.479 e. The van der Waals surface area contributed by atoms with E-state index in [0.717, 1.165) is 13.0 Å². The molecule has 0 radical (unpaired) electrons. The van der Waals surface area contributed by atoms with Gasteiger partial charge in [-0.1, -0.05) is 6.92 Å². The van der Waals surface area contributed by atoms with E-state index in [2.05, 4.69) is 5.32 Å². The molecule has 0 bridgehead atoms. The fraction of sp³-hybridized carbons (Fsp3) is 0.833. The molecule has 0 spiro atoms. The molecule has 0 heterocycles. The van der Waals surface area contributed by atoms with Crippen LogP contribution in [0.15, 0.2) is 0 Å². The Morgan fingerprint density at radius 2 is 1.84 bits per heavy atom. The summed E-state index contributed by atoms with van der Waals surface area (Å²) in [6.45, 7) is 4.18. The summed E-state index contributed by atoms with van der Waals surface area (Å²) < 4.78 is 0. The highest BCUT2D eigenvalue weighted by Crippen LogP contribution is 1.95. The molecule has 1 unspecified atom stereocenters. The van der Waals surface area contributed by atoms with Gasteiger partial charge in [0.15, 0.2) is 6.10 Å². The van der Waals surface area contributed by atoms with Gasteiger partial charge in [-0.25, -0.2) is 9.59 Å². The number of aliphatic hydroxyl groups excluding tert-OH is 1.